The molecular weight excluding hydrogens is 771 g/mol. The van der Waals surface area contributed by atoms with Gasteiger partial charge in [0, 0.05) is 26.5 Å². The summed E-state index contributed by atoms with van der Waals surface area (Å²) in [5, 5.41) is 0. The van der Waals surface area contributed by atoms with Crippen molar-refractivity contribution in [2.24, 2.45) is 0 Å². The van der Waals surface area contributed by atoms with Crippen LogP contribution in [-0.4, -0.2) is 15.0 Å². The Morgan fingerprint density at radius 3 is 1.23 bits per heavy atom. The van der Waals surface area contributed by atoms with Crippen LogP contribution in [0.3, 0.4) is 0 Å². The Kier molecular flexibility index (Phi) is 9.68. The summed E-state index contributed by atoms with van der Waals surface area (Å²) in [7, 11) is 0. The molecule has 1 aromatic heterocycles. The molecule has 292 valence electrons. The minimum atomic E-state index is -0.492. The minimum absolute atomic E-state index is 0.492. The van der Waals surface area contributed by atoms with Crippen molar-refractivity contribution in [2.75, 3.05) is 0 Å². The van der Waals surface area contributed by atoms with Crippen LogP contribution in [-0.2, 0) is 5.41 Å². The molecule has 1 aliphatic rings. The highest BCUT2D eigenvalue weighted by atomic mass is 32.2. The molecule has 4 heteroatoms. The van der Waals surface area contributed by atoms with Crippen LogP contribution >= 0.6 is 11.8 Å². The van der Waals surface area contributed by atoms with Crippen LogP contribution in [0.25, 0.3) is 67.5 Å². The van der Waals surface area contributed by atoms with Crippen LogP contribution in [0.2, 0.25) is 0 Å². The van der Waals surface area contributed by atoms with Gasteiger partial charge in [0.25, 0.3) is 0 Å². The van der Waals surface area contributed by atoms with E-state index >= 15 is 0 Å². The van der Waals surface area contributed by atoms with E-state index in [1.165, 1.54) is 43.2 Å². The molecule has 0 amide bonds. The number of aromatic nitrogens is 3. The summed E-state index contributed by atoms with van der Waals surface area (Å²) in [5.41, 5.74) is 14.3. The molecule has 3 nitrogen and oxygen atoms in total. The highest BCUT2D eigenvalue weighted by Crippen LogP contribution is 2.56. The van der Waals surface area contributed by atoms with Crippen molar-refractivity contribution >= 4 is 11.8 Å². The lowest BCUT2D eigenvalue weighted by molar-refractivity contribution is 0.703. The van der Waals surface area contributed by atoms with E-state index in [4.69, 9.17) is 15.0 Å². The fraction of sp³-hybridized carbons (Fsp3) is 0.0172. The highest BCUT2D eigenvalue weighted by molar-refractivity contribution is 7.99. The average molecular weight is 810 g/mol. The van der Waals surface area contributed by atoms with E-state index in [0.717, 1.165) is 38.9 Å². The van der Waals surface area contributed by atoms with E-state index in [0.29, 0.717) is 17.5 Å². The first-order chi connectivity index (χ1) is 30.7. The molecule has 0 unspecified atom stereocenters. The number of rotatable bonds is 8. The second-order valence-electron chi connectivity index (χ2n) is 15.6. The quantitative estimate of drug-likeness (QED) is 0.153. The second kappa shape index (κ2) is 16.1. The topological polar surface area (TPSA) is 38.7 Å². The Morgan fingerprint density at radius 2 is 0.629 bits per heavy atom. The molecule has 2 heterocycles. The van der Waals surface area contributed by atoms with Crippen molar-refractivity contribution < 1.29 is 0 Å². The van der Waals surface area contributed by atoms with E-state index in [2.05, 4.69) is 200 Å². The predicted molar refractivity (Wildman–Crippen MR) is 255 cm³/mol. The van der Waals surface area contributed by atoms with Crippen LogP contribution < -0.4 is 0 Å². The van der Waals surface area contributed by atoms with Gasteiger partial charge in [0.2, 0.25) is 0 Å². The third kappa shape index (κ3) is 6.81. The number of hydrogen-bond donors (Lipinski definition) is 0. The van der Waals surface area contributed by atoms with Gasteiger partial charge in [-0.1, -0.05) is 218 Å². The molecule has 0 aliphatic carbocycles. The molecule has 0 N–H and O–H groups in total. The lowest BCUT2D eigenvalue weighted by Gasteiger charge is -2.42. The zero-order valence-electron chi connectivity index (χ0n) is 33.8. The van der Waals surface area contributed by atoms with Gasteiger partial charge in [-0.25, -0.2) is 15.0 Å². The van der Waals surface area contributed by atoms with Crippen molar-refractivity contribution in [1.82, 2.24) is 15.0 Å². The first-order valence-corrected chi connectivity index (χ1v) is 21.7. The van der Waals surface area contributed by atoms with Crippen LogP contribution in [0.4, 0.5) is 0 Å². The maximum Gasteiger partial charge on any atom is 0.164 e. The predicted octanol–water partition coefficient (Wildman–Crippen LogP) is 14.7. The van der Waals surface area contributed by atoms with Crippen molar-refractivity contribution in [1.29, 1.82) is 0 Å². The molecule has 0 atom stereocenters. The summed E-state index contributed by atoms with van der Waals surface area (Å²) in [4.78, 5) is 17.7. The Labute approximate surface area is 366 Å². The number of hydrogen-bond acceptors (Lipinski definition) is 4. The monoisotopic (exact) mass is 809 g/mol. The van der Waals surface area contributed by atoms with Gasteiger partial charge in [-0.3, -0.25) is 0 Å². The van der Waals surface area contributed by atoms with Crippen molar-refractivity contribution in [3.63, 3.8) is 0 Å². The molecule has 0 fully saturated rings. The Hall–Kier alpha value is -7.66. The molecule has 10 aromatic rings. The molecule has 0 bridgehead atoms. The normalized spacial score (nSPS) is 12.6. The van der Waals surface area contributed by atoms with Crippen molar-refractivity contribution in [2.45, 2.75) is 15.2 Å². The summed E-state index contributed by atoms with van der Waals surface area (Å²) >= 11 is 1.86. The van der Waals surface area contributed by atoms with E-state index < -0.39 is 5.41 Å². The molecule has 0 radical (unpaired) electrons. The fourth-order valence-corrected chi connectivity index (χ4v) is 10.1. The minimum Gasteiger partial charge on any atom is -0.208 e. The third-order valence-electron chi connectivity index (χ3n) is 11.9. The Bertz CT molecular complexity index is 3150. The molecule has 11 rings (SSSR count). The van der Waals surface area contributed by atoms with Gasteiger partial charge < -0.3 is 0 Å². The van der Waals surface area contributed by atoms with Gasteiger partial charge in [0.1, 0.15) is 0 Å². The van der Waals surface area contributed by atoms with Crippen LogP contribution in [0.15, 0.2) is 246 Å². The first-order valence-electron chi connectivity index (χ1n) is 20.9. The zero-order valence-corrected chi connectivity index (χ0v) is 34.6. The van der Waals surface area contributed by atoms with Crippen LogP contribution in [0, 0.1) is 0 Å². The summed E-state index contributed by atoms with van der Waals surface area (Å²) in [6, 6.07) is 84.4. The highest BCUT2D eigenvalue weighted by Gasteiger charge is 2.44. The molecule has 9 aromatic carbocycles. The SMILES string of the molecule is c1ccc(-c2ccc(-c3nc(-c4ccccc4)nc(-c4cccc(-c5cccc(-c6ccc7c(c6)C(c6ccccc6)(c6ccccc6)c6ccccc6S7)c5)c4)n3)cc2)cc1. The van der Waals surface area contributed by atoms with Crippen LogP contribution in [0.1, 0.15) is 22.3 Å². The average Bonchev–Trinajstić information content (AvgIpc) is 3.36. The fourth-order valence-electron chi connectivity index (χ4n) is 8.89. The lowest BCUT2D eigenvalue weighted by Crippen LogP contribution is -2.34. The molecular formula is C58H39N3S. The number of benzene rings is 9. The van der Waals surface area contributed by atoms with E-state index in [-0.39, 0.29) is 0 Å². The third-order valence-corrected chi connectivity index (χ3v) is 13.0. The molecule has 62 heavy (non-hydrogen) atoms. The summed E-state index contributed by atoms with van der Waals surface area (Å²) in [5.74, 6) is 1.90. The summed E-state index contributed by atoms with van der Waals surface area (Å²) in [6.07, 6.45) is 0. The second-order valence-corrected chi connectivity index (χ2v) is 16.7. The molecule has 1 aliphatic heterocycles. The number of nitrogens with zero attached hydrogens (tertiary/aromatic N) is 3. The van der Waals surface area contributed by atoms with E-state index in [9.17, 15) is 0 Å². The van der Waals surface area contributed by atoms with Gasteiger partial charge in [-0.2, -0.15) is 0 Å². The van der Waals surface area contributed by atoms with Gasteiger partial charge in [-0.15, -0.1) is 0 Å². The largest absolute Gasteiger partial charge is 0.208 e. The van der Waals surface area contributed by atoms with Gasteiger partial charge >= 0.3 is 0 Å². The first kappa shape index (κ1) is 37.3. The van der Waals surface area contributed by atoms with Gasteiger partial charge in [0.15, 0.2) is 17.5 Å². The maximum absolute atomic E-state index is 5.10. The summed E-state index contributed by atoms with van der Waals surface area (Å²) < 4.78 is 0. The molecule has 0 saturated heterocycles. The van der Waals surface area contributed by atoms with E-state index in [1.807, 2.05) is 48.2 Å². The van der Waals surface area contributed by atoms with Crippen molar-refractivity contribution in [3.8, 4) is 67.5 Å². The summed E-state index contributed by atoms with van der Waals surface area (Å²) in [6.45, 7) is 0. The van der Waals surface area contributed by atoms with Crippen molar-refractivity contribution in [3.05, 3.63) is 259 Å². The molecule has 0 spiro atoms. The lowest BCUT2D eigenvalue weighted by atomic mass is 9.64. The zero-order chi connectivity index (χ0) is 41.3. The van der Waals surface area contributed by atoms with Gasteiger partial charge in [0.05, 0.1) is 5.41 Å². The Balaban J connectivity index is 0.993. The maximum atomic E-state index is 5.10. The smallest absolute Gasteiger partial charge is 0.164 e. The van der Waals surface area contributed by atoms with Crippen LogP contribution in [0.5, 0.6) is 0 Å². The standard InChI is InChI=1S/C58H39N3S/c1-5-17-40(18-6-1)41-31-33-43(34-32-41)56-59-55(42-19-7-2-8-20-42)60-57(61-56)48-24-16-23-46(38-48)44-21-15-22-45(37-44)47-35-36-54-52(39-47)58(49-25-9-3-10-26-49,50-27-11-4-12-28-50)51-29-13-14-30-53(51)62-54/h1-39H. The van der Waals surface area contributed by atoms with Gasteiger partial charge in [-0.05, 0) is 86.0 Å². The number of fused-ring (bicyclic) bond motifs is 2. The molecule has 0 saturated carbocycles. The van der Waals surface area contributed by atoms with E-state index in [1.54, 1.807) is 0 Å². The Morgan fingerprint density at radius 1 is 0.258 bits per heavy atom.